The molecule has 0 aliphatic heterocycles. The molecule has 32 heavy (non-hydrogen) atoms. The molecule has 11 heteroatoms. The third-order valence-corrected chi connectivity index (χ3v) is 6.31. The maximum absolute atomic E-state index is 11.9. The standard InChI is InChI=1S/C21H19ClN4O4S2/c1-3-30-21(27)16(23)12-18(24-17-10-5-4-9-15(17)22)19-25-20(31-26-19)13-7-6-8-14(11-13)32(2,28)29/h4-12,23-24H,3H2,1-2H3/b18-12-,23-16?. The summed E-state index contributed by atoms with van der Waals surface area (Å²) in [6.45, 7) is 1.79. The zero-order valence-electron chi connectivity index (χ0n) is 17.1. The predicted octanol–water partition coefficient (Wildman–Crippen LogP) is 4.30. The number of carbonyl (C=O) groups excluding carboxylic acids is 1. The van der Waals surface area contributed by atoms with Gasteiger partial charge in [-0.15, -0.1) is 0 Å². The predicted molar refractivity (Wildman–Crippen MR) is 126 cm³/mol. The van der Waals surface area contributed by atoms with Crippen LogP contribution in [0.5, 0.6) is 0 Å². The zero-order chi connectivity index (χ0) is 23.3. The van der Waals surface area contributed by atoms with Crippen LogP contribution in [0.25, 0.3) is 16.3 Å². The normalized spacial score (nSPS) is 11.8. The Balaban J connectivity index is 2.01. The van der Waals surface area contributed by atoms with Crippen molar-refractivity contribution in [2.75, 3.05) is 18.2 Å². The van der Waals surface area contributed by atoms with Crippen LogP contribution in [0.2, 0.25) is 5.02 Å². The number of ether oxygens (including phenoxy) is 1. The topological polar surface area (TPSA) is 122 Å². The number of sulfone groups is 1. The smallest absolute Gasteiger partial charge is 0.356 e. The minimum absolute atomic E-state index is 0.137. The first-order valence-corrected chi connectivity index (χ1v) is 12.4. The number of nitrogens with zero attached hydrogens (tertiary/aromatic N) is 2. The average molecular weight is 491 g/mol. The minimum atomic E-state index is -3.38. The Hall–Kier alpha value is -3.08. The van der Waals surface area contributed by atoms with E-state index >= 15 is 0 Å². The van der Waals surface area contributed by atoms with Gasteiger partial charge in [0.2, 0.25) is 0 Å². The molecular formula is C21H19ClN4O4S2. The van der Waals surface area contributed by atoms with Gasteiger partial charge in [0.05, 0.1) is 27.9 Å². The lowest BCUT2D eigenvalue weighted by molar-refractivity contribution is -0.135. The first-order valence-electron chi connectivity index (χ1n) is 9.32. The van der Waals surface area contributed by atoms with Crippen molar-refractivity contribution in [2.24, 2.45) is 0 Å². The van der Waals surface area contributed by atoms with Crippen LogP contribution in [0.3, 0.4) is 0 Å². The number of para-hydroxylation sites is 1. The van der Waals surface area contributed by atoms with E-state index in [0.717, 1.165) is 17.8 Å². The van der Waals surface area contributed by atoms with Gasteiger partial charge in [0, 0.05) is 11.8 Å². The summed E-state index contributed by atoms with van der Waals surface area (Å²) in [5.41, 5.74) is 0.983. The second-order valence-corrected chi connectivity index (χ2v) is 9.69. The Morgan fingerprint density at radius 1 is 1.25 bits per heavy atom. The van der Waals surface area contributed by atoms with Gasteiger partial charge in [-0.25, -0.2) is 18.2 Å². The fourth-order valence-electron chi connectivity index (χ4n) is 2.59. The minimum Gasteiger partial charge on any atom is -0.461 e. The first-order chi connectivity index (χ1) is 15.2. The molecule has 2 N–H and O–H groups in total. The Labute approximate surface area is 194 Å². The van der Waals surface area contributed by atoms with Crippen molar-refractivity contribution in [3.63, 3.8) is 0 Å². The lowest BCUT2D eigenvalue weighted by Gasteiger charge is -2.10. The number of esters is 1. The van der Waals surface area contributed by atoms with Gasteiger partial charge in [0.1, 0.15) is 10.7 Å². The van der Waals surface area contributed by atoms with Crippen LogP contribution in [0.15, 0.2) is 59.5 Å². The molecule has 0 radical (unpaired) electrons. The highest BCUT2D eigenvalue weighted by atomic mass is 35.5. The van der Waals surface area contributed by atoms with E-state index in [-0.39, 0.29) is 23.0 Å². The summed E-state index contributed by atoms with van der Waals surface area (Å²) in [7, 11) is -3.38. The maximum Gasteiger partial charge on any atom is 0.356 e. The van der Waals surface area contributed by atoms with E-state index in [9.17, 15) is 13.2 Å². The summed E-state index contributed by atoms with van der Waals surface area (Å²) >= 11 is 7.29. The van der Waals surface area contributed by atoms with Gasteiger partial charge in [-0.2, -0.15) is 4.37 Å². The number of benzene rings is 2. The van der Waals surface area contributed by atoms with E-state index in [0.29, 0.717) is 21.3 Å². The molecule has 0 bridgehead atoms. The molecule has 0 unspecified atom stereocenters. The zero-order valence-corrected chi connectivity index (χ0v) is 19.5. The largest absolute Gasteiger partial charge is 0.461 e. The number of halogens is 1. The average Bonchev–Trinajstić information content (AvgIpc) is 3.24. The molecule has 0 atom stereocenters. The fourth-order valence-corrected chi connectivity index (χ4v) is 4.11. The number of nitrogens with one attached hydrogen (secondary N) is 2. The number of hydrogen-bond donors (Lipinski definition) is 2. The quantitative estimate of drug-likeness (QED) is 0.356. The van der Waals surface area contributed by atoms with Crippen molar-refractivity contribution in [1.29, 1.82) is 5.41 Å². The number of hydrogen-bond acceptors (Lipinski definition) is 9. The van der Waals surface area contributed by atoms with Crippen LogP contribution in [0.1, 0.15) is 12.7 Å². The molecule has 0 spiro atoms. The van der Waals surface area contributed by atoms with Crippen molar-refractivity contribution in [3.05, 3.63) is 65.5 Å². The number of carbonyl (C=O) groups is 1. The molecule has 0 fully saturated rings. The molecule has 0 aliphatic carbocycles. The fraction of sp³-hybridized carbons (Fsp3) is 0.143. The van der Waals surface area contributed by atoms with Crippen LogP contribution >= 0.6 is 23.1 Å². The van der Waals surface area contributed by atoms with Gasteiger partial charge < -0.3 is 10.1 Å². The summed E-state index contributed by atoms with van der Waals surface area (Å²) in [6, 6.07) is 13.3. The van der Waals surface area contributed by atoms with Crippen LogP contribution < -0.4 is 5.32 Å². The van der Waals surface area contributed by atoms with Gasteiger partial charge in [-0.3, -0.25) is 5.41 Å². The SMILES string of the molecule is CCOC(=O)C(=N)/C=C(\Nc1ccccc1Cl)c1nsc(-c2cccc(S(C)(=O)=O)c2)n1. The van der Waals surface area contributed by atoms with E-state index in [2.05, 4.69) is 14.7 Å². The van der Waals surface area contributed by atoms with Gasteiger partial charge in [-0.05, 0) is 48.8 Å². The molecule has 1 aromatic heterocycles. The molecular weight excluding hydrogens is 472 g/mol. The molecule has 0 saturated carbocycles. The van der Waals surface area contributed by atoms with Gasteiger partial charge in [-0.1, -0.05) is 35.9 Å². The van der Waals surface area contributed by atoms with Crippen molar-refractivity contribution < 1.29 is 17.9 Å². The molecule has 2 aromatic carbocycles. The van der Waals surface area contributed by atoms with Gasteiger partial charge >= 0.3 is 5.97 Å². The summed E-state index contributed by atoms with van der Waals surface area (Å²) in [6.07, 6.45) is 2.40. The van der Waals surface area contributed by atoms with E-state index in [1.165, 1.54) is 18.2 Å². The van der Waals surface area contributed by atoms with Crippen LogP contribution in [-0.4, -0.2) is 42.3 Å². The summed E-state index contributed by atoms with van der Waals surface area (Å²) < 4.78 is 32.9. The molecule has 0 amide bonds. The maximum atomic E-state index is 11.9. The van der Waals surface area contributed by atoms with Crippen molar-refractivity contribution in [2.45, 2.75) is 11.8 Å². The number of rotatable bonds is 8. The second-order valence-electron chi connectivity index (χ2n) is 6.52. The Bertz CT molecular complexity index is 1300. The molecule has 1 heterocycles. The van der Waals surface area contributed by atoms with E-state index in [1.807, 2.05) is 0 Å². The molecule has 0 saturated heterocycles. The Morgan fingerprint density at radius 3 is 2.69 bits per heavy atom. The first kappa shape index (κ1) is 23.6. The summed E-state index contributed by atoms with van der Waals surface area (Å²) in [5, 5.41) is 12.0. The van der Waals surface area contributed by atoms with Crippen molar-refractivity contribution in [1.82, 2.24) is 9.36 Å². The number of anilines is 1. The van der Waals surface area contributed by atoms with Gasteiger partial charge in [0.25, 0.3) is 0 Å². The number of aromatic nitrogens is 2. The monoisotopic (exact) mass is 490 g/mol. The van der Waals surface area contributed by atoms with Crippen LogP contribution in [0.4, 0.5) is 5.69 Å². The molecule has 166 valence electrons. The highest BCUT2D eigenvalue weighted by Gasteiger charge is 2.17. The van der Waals surface area contributed by atoms with Gasteiger partial charge in [0.15, 0.2) is 15.7 Å². The van der Waals surface area contributed by atoms with E-state index in [4.69, 9.17) is 21.7 Å². The van der Waals surface area contributed by atoms with Crippen molar-refractivity contribution in [3.8, 4) is 10.6 Å². The van der Waals surface area contributed by atoms with Crippen molar-refractivity contribution >= 4 is 56.0 Å². The van der Waals surface area contributed by atoms with E-state index < -0.39 is 21.5 Å². The lowest BCUT2D eigenvalue weighted by Crippen LogP contribution is -2.16. The lowest BCUT2D eigenvalue weighted by atomic mass is 10.2. The molecule has 3 aromatic rings. The highest BCUT2D eigenvalue weighted by molar-refractivity contribution is 7.90. The molecule has 8 nitrogen and oxygen atoms in total. The molecule has 0 aliphatic rings. The highest BCUT2D eigenvalue weighted by Crippen LogP contribution is 2.28. The molecule has 3 rings (SSSR count). The second kappa shape index (κ2) is 10.0. The third-order valence-electron chi connectivity index (χ3n) is 4.10. The van der Waals surface area contributed by atoms with Crippen LogP contribution in [0, 0.1) is 5.41 Å². The third kappa shape index (κ3) is 5.78. The van der Waals surface area contributed by atoms with Crippen LogP contribution in [-0.2, 0) is 19.4 Å². The summed E-state index contributed by atoms with van der Waals surface area (Å²) in [5.74, 6) is -0.578. The Morgan fingerprint density at radius 2 is 2.00 bits per heavy atom. The van der Waals surface area contributed by atoms with E-state index in [1.54, 1.807) is 43.3 Å². The summed E-state index contributed by atoms with van der Waals surface area (Å²) in [4.78, 5) is 16.6. The Kier molecular flexibility index (Phi) is 7.39.